The quantitative estimate of drug-likeness (QED) is 0.655. The van der Waals surface area contributed by atoms with Crippen LogP contribution in [0.1, 0.15) is 52.9 Å². The van der Waals surface area contributed by atoms with Gasteiger partial charge in [-0.15, -0.1) is 0 Å². The molecule has 1 aliphatic rings. The smallest absolute Gasteiger partial charge is 0.0546 e. The standard InChI is InChI=1S/C11H24N2/c1-9(2)12-10(3)13-11-7-5-4-6-8-11/h9-13H,4-8H2,1-3H3. The van der Waals surface area contributed by atoms with Gasteiger partial charge in [0.1, 0.15) is 0 Å². The van der Waals surface area contributed by atoms with Crippen LogP contribution in [-0.4, -0.2) is 18.2 Å². The van der Waals surface area contributed by atoms with Crippen LogP contribution in [0.15, 0.2) is 0 Å². The Hall–Kier alpha value is -0.0800. The van der Waals surface area contributed by atoms with Gasteiger partial charge in [0.25, 0.3) is 0 Å². The SMILES string of the molecule is CC(C)NC(C)NC1CCCCC1. The maximum Gasteiger partial charge on any atom is 0.0546 e. The molecule has 0 spiro atoms. The van der Waals surface area contributed by atoms with Crippen LogP contribution in [0.3, 0.4) is 0 Å². The number of hydrogen-bond acceptors (Lipinski definition) is 2. The summed E-state index contributed by atoms with van der Waals surface area (Å²) in [5, 5.41) is 7.12. The van der Waals surface area contributed by atoms with E-state index in [1.165, 1.54) is 32.1 Å². The molecule has 1 saturated carbocycles. The minimum atomic E-state index is 0.461. The molecule has 0 aromatic heterocycles. The summed E-state index contributed by atoms with van der Waals surface area (Å²) >= 11 is 0. The van der Waals surface area contributed by atoms with Gasteiger partial charge < -0.3 is 0 Å². The highest BCUT2D eigenvalue weighted by Gasteiger charge is 2.15. The maximum absolute atomic E-state index is 3.64. The van der Waals surface area contributed by atoms with Gasteiger partial charge in [-0.3, -0.25) is 10.6 Å². The summed E-state index contributed by atoms with van der Waals surface area (Å²) in [5.74, 6) is 0. The van der Waals surface area contributed by atoms with E-state index in [9.17, 15) is 0 Å². The second-order valence-corrected chi connectivity index (χ2v) is 4.54. The number of nitrogens with one attached hydrogen (secondary N) is 2. The molecule has 0 aromatic rings. The lowest BCUT2D eigenvalue weighted by molar-refractivity contribution is 0.309. The van der Waals surface area contributed by atoms with Crippen LogP contribution in [-0.2, 0) is 0 Å². The minimum Gasteiger partial charge on any atom is -0.300 e. The highest BCUT2D eigenvalue weighted by molar-refractivity contribution is 4.74. The summed E-state index contributed by atoms with van der Waals surface area (Å²) in [6.07, 6.45) is 7.44. The van der Waals surface area contributed by atoms with E-state index in [0.717, 1.165) is 6.04 Å². The first-order valence-corrected chi connectivity index (χ1v) is 5.70. The first-order chi connectivity index (χ1) is 6.18. The maximum atomic E-state index is 3.64. The Morgan fingerprint density at radius 2 is 1.62 bits per heavy atom. The van der Waals surface area contributed by atoms with E-state index in [1.807, 2.05) is 0 Å². The summed E-state index contributed by atoms with van der Waals surface area (Å²) in [5.41, 5.74) is 0. The lowest BCUT2D eigenvalue weighted by atomic mass is 9.95. The van der Waals surface area contributed by atoms with Crippen molar-refractivity contribution < 1.29 is 0 Å². The van der Waals surface area contributed by atoms with Crippen LogP contribution in [0.5, 0.6) is 0 Å². The minimum absolute atomic E-state index is 0.461. The number of rotatable bonds is 4. The van der Waals surface area contributed by atoms with Crippen molar-refractivity contribution in [3.8, 4) is 0 Å². The number of hydrogen-bond donors (Lipinski definition) is 2. The molecule has 2 N–H and O–H groups in total. The van der Waals surface area contributed by atoms with Crippen LogP contribution < -0.4 is 10.6 Å². The third-order valence-corrected chi connectivity index (χ3v) is 2.67. The molecule has 0 amide bonds. The fourth-order valence-corrected chi connectivity index (χ4v) is 2.17. The van der Waals surface area contributed by atoms with Crippen molar-refractivity contribution in [2.24, 2.45) is 0 Å². The first-order valence-electron chi connectivity index (χ1n) is 5.70. The summed E-state index contributed by atoms with van der Waals surface area (Å²) in [6, 6.07) is 1.33. The predicted octanol–water partition coefficient (Wildman–Crippen LogP) is 2.25. The zero-order valence-corrected chi connectivity index (χ0v) is 9.27. The van der Waals surface area contributed by atoms with Crippen LogP contribution in [0.4, 0.5) is 0 Å². The summed E-state index contributed by atoms with van der Waals surface area (Å²) in [7, 11) is 0. The largest absolute Gasteiger partial charge is 0.300 e. The highest BCUT2D eigenvalue weighted by Crippen LogP contribution is 2.17. The molecule has 1 aliphatic carbocycles. The average Bonchev–Trinajstić information content (AvgIpc) is 2.04. The molecule has 78 valence electrons. The van der Waals surface area contributed by atoms with Gasteiger partial charge in [-0.25, -0.2) is 0 Å². The molecule has 2 nitrogen and oxygen atoms in total. The summed E-state index contributed by atoms with van der Waals surface area (Å²) in [4.78, 5) is 0. The molecule has 1 rings (SSSR count). The van der Waals surface area contributed by atoms with Gasteiger partial charge in [0, 0.05) is 12.1 Å². The van der Waals surface area contributed by atoms with Gasteiger partial charge in [-0.1, -0.05) is 19.3 Å². The first kappa shape index (κ1) is 11.0. The van der Waals surface area contributed by atoms with Gasteiger partial charge in [0.15, 0.2) is 0 Å². The van der Waals surface area contributed by atoms with Crippen molar-refractivity contribution in [1.82, 2.24) is 10.6 Å². The Kier molecular flexibility index (Phi) is 4.74. The van der Waals surface area contributed by atoms with Crippen LogP contribution in [0.2, 0.25) is 0 Å². The molecule has 2 heteroatoms. The Balaban J connectivity index is 2.14. The molecular weight excluding hydrogens is 160 g/mol. The second kappa shape index (κ2) is 5.61. The lowest BCUT2D eigenvalue weighted by Crippen LogP contribution is -2.48. The van der Waals surface area contributed by atoms with Crippen molar-refractivity contribution >= 4 is 0 Å². The summed E-state index contributed by atoms with van der Waals surface area (Å²) in [6.45, 7) is 6.60. The fraction of sp³-hybridized carbons (Fsp3) is 1.00. The van der Waals surface area contributed by atoms with E-state index >= 15 is 0 Å². The van der Waals surface area contributed by atoms with Gasteiger partial charge in [-0.2, -0.15) is 0 Å². The van der Waals surface area contributed by atoms with E-state index in [1.54, 1.807) is 0 Å². The van der Waals surface area contributed by atoms with Gasteiger partial charge in [-0.05, 0) is 33.6 Å². The molecule has 0 radical (unpaired) electrons. The van der Waals surface area contributed by atoms with Crippen molar-refractivity contribution in [1.29, 1.82) is 0 Å². The Bertz CT molecular complexity index is 128. The van der Waals surface area contributed by atoms with E-state index in [2.05, 4.69) is 31.4 Å². The predicted molar refractivity (Wildman–Crippen MR) is 57.7 cm³/mol. The van der Waals surface area contributed by atoms with Crippen LogP contribution in [0.25, 0.3) is 0 Å². The van der Waals surface area contributed by atoms with Crippen LogP contribution >= 0.6 is 0 Å². The molecule has 1 unspecified atom stereocenters. The van der Waals surface area contributed by atoms with Gasteiger partial charge in [0.05, 0.1) is 6.17 Å². The van der Waals surface area contributed by atoms with E-state index in [0.29, 0.717) is 12.2 Å². The normalized spacial score (nSPS) is 22.2. The molecule has 0 heterocycles. The zero-order chi connectivity index (χ0) is 9.68. The van der Waals surface area contributed by atoms with Crippen molar-refractivity contribution in [3.63, 3.8) is 0 Å². The van der Waals surface area contributed by atoms with Crippen LogP contribution in [0, 0.1) is 0 Å². The van der Waals surface area contributed by atoms with E-state index < -0.39 is 0 Å². The van der Waals surface area contributed by atoms with Gasteiger partial charge in [0.2, 0.25) is 0 Å². The monoisotopic (exact) mass is 184 g/mol. The molecular formula is C11H24N2. The fourth-order valence-electron chi connectivity index (χ4n) is 2.17. The van der Waals surface area contributed by atoms with Gasteiger partial charge >= 0.3 is 0 Å². The van der Waals surface area contributed by atoms with Crippen molar-refractivity contribution in [2.45, 2.75) is 71.1 Å². The zero-order valence-electron chi connectivity index (χ0n) is 9.27. The Morgan fingerprint density at radius 1 is 1.00 bits per heavy atom. The third kappa shape index (κ3) is 4.63. The Morgan fingerprint density at radius 3 is 2.15 bits per heavy atom. The van der Waals surface area contributed by atoms with Crippen molar-refractivity contribution in [3.05, 3.63) is 0 Å². The Labute approximate surface area is 82.5 Å². The summed E-state index contributed by atoms with van der Waals surface area (Å²) < 4.78 is 0. The third-order valence-electron chi connectivity index (χ3n) is 2.67. The topological polar surface area (TPSA) is 24.1 Å². The molecule has 0 saturated heterocycles. The molecule has 1 fully saturated rings. The molecule has 13 heavy (non-hydrogen) atoms. The van der Waals surface area contributed by atoms with E-state index in [-0.39, 0.29) is 0 Å². The van der Waals surface area contributed by atoms with E-state index in [4.69, 9.17) is 0 Å². The molecule has 0 aliphatic heterocycles. The molecule has 0 bridgehead atoms. The highest BCUT2D eigenvalue weighted by atomic mass is 15.1. The van der Waals surface area contributed by atoms with Crippen molar-refractivity contribution in [2.75, 3.05) is 0 Å². The lowest BCUT2D eigenvalue weighted by Gasteiger charge is -2.28. The molecule has 1 atom stereocenters. The molecule has 0 aromatic carbocycles. The average molecular weight is 184 g/mol. The second-order valence-electron chi connectivity index (χ2n) is 4.54.